The van der Waals surface area contributed by atoms with Gasteiger partial charge in [-0.05, 0) is 55.7 Å². The third-order valence-corrected chi connectivity index (χ3v) is 4.22. The first kappa shape index (κ1) is 20.8. The van der Waals surface area contributed by atoms with Crippen LogP contribution in [0.25, 0.3) is 0 Å². The van der Waals surface area contributed by atoms with Crippen molar-refractivity contribution in [1.82, 2.24) is 5.32 Å². The standard InChI is InChI=1S/C21H24ClNO4/c1-5-26-18-9-7-6-8-16(18)20(24)23-19(13(2)3)21(25)27-17-11-10-15(22)12-14(17)4/h6-13,19H,5H2,1-4H3,(H,23,24)/t19-/m0/s1. The molecule has 6 heteroatoms. The Morgan fingerprint density at radius 1 is 1.11 bits per heavy atom. The minimum Gasteiger partial charge on any atom is -0.493 e. The van der Waals surface area contributed by atoms with Crippen LogP contribution in [0.3, 0.4) is 0 Å². The first-order valence-electron chi connectivity index (χ1n) is 8.84. The molecule has 0 aromatic heterocycles. The monoisotopic (exact) mass is 389 g/mol. The zero-order valence-electron chi connectivity index (χ0n) is 15.9. The van der Waals surface area contributed by atoms with E-state index in [9.17, 15) is 9.59 Å². The van der Waals surface area contributed by atoms with E-state index in [1.807, 2.05) is 20.8 Å². The maximum Gasteiger partial charge on any atom is 0.334 e. The summed E-state index contributed by atoms with van der Waals surface area (Å²) in [5.41, 5.74) is 1.12. The maximum absolute atomic E-state index is 12.7. The summed E-state index contributed by atoms with van der Waals surface area (Å²) < 4.78 is 11.0. The fourth-order valence-corrected chi connectivity index (χ4v) is 2.78. The summed E-state index contributed by atoms with van der Waals surface area (Å²) in [5.74, 6) is -0.186. The van der Waals surface area contributed by atoms with Crippen molar-refractivity contribution in [3.63, 3.8) is 0 Å². The molecule has 1 amide bonds. The molecule has 2 aromatic rings. The van der Waals surface area contributed by atoms with Crippen molar-refractivity contribution in [2.24, 2.45) is 5.92 Å². The Labute approximate surface area is 164 Å². The van der Waals surface area contributed by atoms with Crippen molar-refractivity contribution in [2.45, 2.75) is 33.7 Å². The van der Waals surface area contributed by atoms with E-state index in [1.165, 1.54) is 0 Å². The van der Waals surface area contributed by atoms with Crippen molar-refractivity contribution in [3.05, 3.63) is 58.6 Å². The van der Waals surface area contributed by atoms with Gasteiger partial charge in [0, 0.05) is 5.02 Å². The van der Waals surface area contributed by atoms with E-state index in [4.69, 9.17) is 21.1 Å². The highest BCUT2D eigenvalue weighted by Crippen LogP contribution is 2.23. The second-order valence-electron chi connectivity index (χ2n) is 6.46. The van der Waals surface area contributed by atoms with Crippen LogP contribution in [-0.2, 0) is 4.79 Å². The number of carbonyl (C=O) groups excluding carboxylic acids is 2. The van der Waals surface area contributed by atoms with E-state index in [-0.39, 0.29) is 11.8 Å². The topological polar surface area (TPSA) is 64.6 Å². The summed E-state index contributed by atoms with van der Waals surface area (Å²) in [5, 5.41) is 3.33. The third kappa shape index (κ3) is 5.47. The van der Waals surface area contributed by atoms with Crippen LogP contribution in [0.15, 0.2) is 42.5 Å². The Bertz CT molecular complexity index is 820. The number of hydrogen-bond donors (Lipinski definition) is 1. The summed E-state index contributed by atoms with van der Waals surface area (Å²) in [6.07, 6.45) is 0. The fourth-order valence-electron chi connectivity index (χ4n) is 2.55. The summed E-state index contributed by atoms with van der Waals surface area (Å²) in [4.78, 5) is 25.4. The number of aryl methyl sites for hydroxylation is 1. The molecule has 0 aliphatic rings. The highest BCUT2D eigenvalue weighted by molar-refractivity contribution is 6.30. The molecule has 0 radical (unpaired) electrons. The predicted octanol–water partition coefficient (Wildman–Crippen LogP) is 4.41. The number of hydrogen-bond acceptors (Lipinski definition) is 4. The van der Waals surface area contributed by atoms with Gasteiger partial charge >= 0.3 is 5.97 Å². The SMILES string of the molecule is CCOc1ccccc1C(=O)N[C@H](C(=O)Oc1ccc(Cl)cc1C)C(C)C. The number of amides is 1. The Balaban J connectivity index is 2.17. The van der Waals surface area contributed by atoms with Crippen LogP contribution >= 0.6 is 11.6 Å². The first-order chi connectivity index (χ1) is 12.8. The smallest absolute Gasteiger partial charge is 0.334 e. The van der Waals surface area contributed by atoms with Gasteiger partial charge in [-0.2, -0.15) is 0 Å². The molecule has 2 aromatic carbocycles. The third-order valence-electron chi connectivity index (χ3n) is 3.99. The van der Waals surface area contributed by atoms with Crippen LogP contribution in [0.4, 0.5) is 0 Å². The number of halogens is 1. The van der Waals surface area contributed by atoms with Gasteiger partial charge in [0.2, 0.25) is 0 Å². The van der Waals surface area contributed by atoms with E-state index in [0.717, 1.165) is 5.56 Å². The minimum absolute atomic E-state index is 0.159. The number of para-hydroxylation sites is 1. The maximum atomic E-state index is 12.7. The summed E-state index contributed by atoms with van der Waals surface area (Å²) >= 11 is 5.93. The van der Waals surface area contributed by atoms with Crippen LogP contribution in [0.5, 0.6) is 11.5 Å². The zero-order chi connectivity index (χ0) is 20.0. The van der Waals surface area contributed by atoms with Gasteiger partial charge in [0.25, 0.3) is 5.91 Å². The lowest BCUT2D eigenvalue weighted by atomic mass is 10.0. The molecule has 0 unspecified atom stereocenters. The lowest BCUT2D eigenvalue weighted by Crippen LogP contribution is -2.46. The van der Waals surface area contributed by atoms with Gasteiger partial charge in [0.1, 0.15) is 17.5 Å². The molecule has 5 nitrogen and oxygen atoms in total. The van der Waals surface area contributed by atoms with Crippen LogP contribution in [0, 0.1) is 12.8 Å². The molecule has 144 valence electrons. The highest BCUT2D eigenvalue weighted by atomic mass is 35.5. The summed E-state index contributed by atoms with van der Waals surface area (Å²) in [7, 11) is 0. The first-order valence-corrected chi connectivity index (χ1v) is 9.21. The van der Waals surface area contributed by atoms with E-state index < -0.39 is 12.0 Å². The van der Waals surface area contributed by atoms with Gasteiger partial charge in [-0.3, -0.25) is 4.79 Å². The lowest BCUT2D eigenvalue weighted by Gasteiger charge is -2.22. The highest BCUT2D eigenvalue weighted by Gasteiger charge is 2.28. The number of nitrogens with one attached hydrogen (secondary N) is 1. The molecule has 0 heterocycles. The van der Waals surface area contributed by atoms with E-state index in [0.29, 0.717) is 28.7 Å². The average Bonchev–Trinajstić information content (AvgIpc) is 2.62. The second kappa shape index (κ2) is 9.42. The van der Waals surface area contributed by atoms with Crippen molar-refractivity contribution in [1.29, 1.82) is 0 Å². The van der Waals surface area contributed by atoms with Crippen molar-refractivity contribution in [2.75, 3.05) is 6.61 Å². The zero-order valence-corrected chi connectivity index (χ0v) is 16.7. The second-order valence-corrected chi connectivity index (χ2v) is 6.89. The molecule has 1 N–H and O–H groups in total. The molecular weight excluding hydrogens is 366 g/mol. The number of ether oxygens (including phenoxy) is 2. The quantitative estimate of drug-likeness (QED) is 0.562. The predicted molar refractivity (Wildman–Crippen MR) is 106 cm³/mol. The molecule has 0 saturated carbocycles. The number of rotatable bonds is 7. The fraction of sp³-hybridized carbons (Fsp3) is 0.333. The molecule has 0 aliphatic heterocycles. The van der Waals surface area contributed by atoms with E-state index in [1.54, 1.807) is 49.4 Å². The number of benzene rings is 2. The van der Waals surface area contributed by atoms with Crippen molar-refractivity contribution >= 4 is 23.5 Å². The van der Waals surface area contributed by atoms with E-state index >= 15 is 0 Å². The lowest BCUT2D eigenvalue weighted by molar-refractivity contribution is -0.137. The Morgan fingerprint density at radius 3 is 2.44 bits per heavy atom. The molecule has 0 saturated heterocycles. The van der Waals surface area contributed by atoms with Crippen molar-refractivity contribution < 1.29 is 19.1 Å². The molecule has 27 heavy (non-hydrogen) atoms. The molecule has 0 aliphatic carbocycles. The van der Waals surface area contributed by atoms with Crippen LogP contribution < -0.4 is 14.8 Å². The molecular formula is C21H24ClNO4. The van der Waals surface area contributed by atoms with Crippen LogP contribution in [-0.4, -0.2) is 24.5 Å². The summed E-state index contributed by atoms with van der Waals surface area (Å²) in [6.45, 7) is 7.77. The Morgan fingerprint density at radius 2 is 1.81 bits per heavy atom. The van der Waals surface area contributed by atoms with Gasteiger partial charge in [-0.25, -0.2) is 4.79 Å². The minimum atomic E-state index is -0.803. The van der Waals surface area contributed by atoms with Gasteiger partial charge in [-0.1, -0.05) is 37.6 Å². The van der Waals surface area contributed by atoms with Crippen LogP contribution in [0.1, 0.15) is 36.7 Å². The van der Waals surface area contributed by atoms with Crippen molar-refractivity contribution in [3.8, 4) is 11.5 Å². The molecule has 0 spiro atoms. The molecule has 1 atom stereocenters. The van der Waals surface area contributed by atoms with Crippen LogP contribution in [0.2, 0.25) is 5.02 Å². The van der Waals surface area contributed by atoms with Gasteiger partial charge in [-0.15, -0.1) is 0 Å². The Kier molecular flexibility index (Phi) is 7.25. The van der Waals surface area contributed by atoms with Gasteiger partial charge in [0.15, 0.2) is 0 Å². The molecule has 2 rings (SSSR count). The Hall–Kier alpha value is -2.53. The van der Waals surface area contributed by atoms with Gasteiger partial charge < -0.3 is 14.8 Å². The largest absolute Gasteiger partial charge is 0.493 e. The average molecular weight is 390 g/mol. The van der Waals surface area contributed by atoms with E-state index in [2.05, 4.69) is 5.32 Å². The molecule has 0 bridgehead atoms. The number of esters is 1. The number of carbonyl (C=O) groups is 2. The normalized spacial score (nSPS) is 11.8. The summed E-state index contributed by atoms with van der Waals surface area (Å²) in [6, 6.07) is 11.1. The van der Waals surface area contributed by atoms with Gasteiger partial charge in [0.05, 0.1) is 12.2 Å². The molecule has 0 fully saturated rings.